The zero-order chi connectivity index (χ0) is 22.4. The van der Waals surface area contributed by atoms with E-state index >= 15 is 0 Å². The Morgan fingerprint density at radius 2 is 1.07 bits per heavy atom. The largest absolute Gasteiger partial charge is 0.165 e. The van der Waals surface area contributed by atoms with E-state index in [1.807, 2.05) is 0 Å². The number of benzene rings is 2. The Bertz CT molecular complexity index is 1060. The molecule has 0 aliphatic heterocycles. The normalized spacial score (nSPS) is 10.5. The van der Waals surface area contributed by atoms with Gasteiger partial charge in [0.2, 0.25) is 0 Å². The second-order valence-electron chi connectivity index (χ2n) is 8.07. The molecule has 0 nitrogen and oxygen atoms in total. The number of rotatable bonds is 2. The van der Waals surface area contributed by atoms with Gasteiger partial charge in [-0.2, -0.15) is 12.1 Å². The number of halogens is 2. The molecular formula is C26H30Cl2SiZr. The van der Waals surface area contributed by atoms with Crippen molar-refractivity contribution in [1.82, 2.24) is 0 Å². The third kappa shape index (κ3) is 6.67. The first-order chi connectivity index (χ1) is 14.2. The van der Waals surface area contributed by atoms with Crippen LogP contribution in [0.25, 0.3) is 21.5 Å². The number of fused-ring (bicyclic) bond motifs is 2. The van der Waals surface area contributed by atoms with Crippen LogP contribution in [0.15, 0.2) is 48.5 Å². The Hall–Kier alpha value is -0.660. The SMILES string of the molecule is C[Si](C)=[Zr+2].Cc1cc2c(CCl)ccc(C)c2[cH-]1.Cc1cc2c(CCl)ccc(C)c2[cH-]1. The molecule has 0 aliphatic rings. The molecule has 30 heavy (non-hydrogen) atoms. The molecule has 0 saturated carbocycles. The van der Waals surface area contributed by atoms with Crippen LogP contribution < -0.4 is 0 Å². The van der Waals surface area contributed by atoms with E-state index in [1.54, 1.807) is 23.3 Å². The molecule has 0 radical (unpaired) electrons. The van der Waals surface area contributed by atoms with E-state index in [0.717, 1.165) is 0 Å². The fraction of sp³-hybridized carbons (Fsp3) is 0.308. The van der Waals surface area contributed by atoms with E-state index in [-0.39, 0.29) is 5.43 Å². The molecule has 0 N–H and O–H groups in total. The van der Waals surface area contributed by atoms with Crippen molar-refractivity contribution in [2.75, 3.05) is 0 Å². The van der Waals surface area contributed by atoms with Gasteiger partial charge in [-0.15, -0.1) is 91.3 Å². The summed E-state index contributed by atoms with van der Waals surface area (Å²) in [7, 11) is 0. The summed E-state index contributed by atoms with van der Waals surface area (Å²) in [6.07, 6.45) is 0. The van der Waals surface area contributed by atoms with E-state index in [2.05, 4.69) is 89.3 Å². The van der Waals surface area contributed by atoms with Crippen molar-refractivity contribution in [3.8, 4) is 0 Å². The molecule has 4 aromatic carbocycles. The molecule has 4 rings (SSSR count). The van der Waals surface area contributed by atoms with Crippen LogP contribution in [0.2, 0.25) is 13.1 Å². The number of hydrogen-bond donors (Lipinski definition) is 0. The smallest absolute Gasteiger partial charge is 0.0387 e. The minimum absolute atomic E-state index is 0.210. The van der Waals surface area contributed by atoms with Gasteiger partial charge in [-0.25, -0.2) is 0 Å². The molecule has 0 fully saturated rings. The van der Waals surface area contributed by atoms with Gasteiger partial charge in [-0.05, 0) is 0 Å². The van der Waals surface area contributed by atoms with Crippen molar-refractivity contribution >= 4 is 50.2 Å². The van der Waals surface area contributed by atoms with Gasteiger partial charge >= 0.3 is 41.9 Å². The molecule has 0 amide bonds. The Morgan fingerprint density at radius 1 is 0.733 bits per heavy atom. The van der Waals surface area contributed by atoms with Crippen molar-refractivity contribution in [1.29, 1.82) is 0 Å². The molecule has 0 spiro atoms. The van der Waals surface area contributed by atoms with Crippen molar-refractivity contribution < 1.29 is 23.3 Å². The Kier molecular flexibility index (Phi) is 10.1. The van der Waals surface area contributed by atoms with Crippen LogP contribution >= 0.6 is 23.2 Å². The molecule has 0 atom stereocenters. The minimum Gasteiger partial charge on any atom is -0.165 e. The topological polar surface area (TPSA) is 0 Å². The maximum Gasteiger partial charge on any atom is 0.0387 e. The van der Waals surface area contributed by atoms with Gasteiger partial charge in [0.1, 0.15) is 0 Å². The molecule has 0 aliphatic carbocycles. The Morgan fingerprint density at radius 3 is 1.37 bits per heavy atom. The molecule has 156 valence electrons. The van der Waals surface area contributed by atoms with Gasteiger partial charge in [-0.3, -0.25) is 0 Å². The van der Waals surface area contributed by atoms with Crippen LogP contribution in [0.5, 0.6) is 0 Å². The molecule has 0 heterocycles. The summed E-state index contributed by atoms with van der Waals surface area (Å²) < 4.78 is 0. The average Bonchev–Trinajstić information content (AvgIpc) is 3.26. The summed E-state index contributed by atoms with van der Waals surface area (Å²) in [5.74, 6) is 1.19. The zero-order valence-electron chi connectivity index (χ0n) is 18.8. The van der Waals surface area contributed by atoms with Gasteiger partial charge in [0.05, 0.1) is 0 Å². The van der Waals surface area contributed by atoms with Crippen LogP contribution in [0.3, 0.4) is 0 Å². The van der Waals surface area contributed by atoms with Gasteiger partial charge in [0, 0.05) is 11.8 Å². The second kappa shape index (κ2) is 11.8. The quantitative estimate of drug-likeness (QED) is 0.138. The Balaban J connectivity index is 0.000000182. The fourth-order valence-electron chi connectivity index (χ4n) is 3.53. The van der Waals surface area contributed by atoms with Crippen LogP contribution in [0, 0.1) is 27.7 Å². The maximum atomic E-state index is 5.87. The minimum atomic E-state index is 0.210. The van der Waals surface area contributed by atoms with Gasteiger partial charge in [0.25, 0.3) is 0 Å². The summed E-state index contributed by atoms with van der Waals surface area (Å²) in [6, 6.07) is 17.4. The van der Waals surface area contributed by atoms with Gasteiger partial charge < -0.3 is 0 Å². The van der Waals surface area contributed by atoms with Gasteiger partial charge in [-0.1, -0.05) is 51.0 Å². The second-order valence-corrected chi connectivity index (χ2v) is 18.0. The fourth-order valence-corrected chi connectivity index (χ4v) is 4.00. The summed E-state index contributed by atoms with van der Waals surface area (Å²) in [4.78, 5) is 0. The number of hydrogen-bond acceptors (Lipinski definition) is 0. The van der Waals surface area contributed by atoms with E-state index in [9.17, 15) is 0 Å². The summed E-state index contributed by atoms with van der Waals surface area (Å²) >= 11 is 13.5. The summed E-state index contributed by atoms with van der Waals surface area (Å²) in [5, 5.41) is 5.31. The molecule has 4 aromatic rings. The van der Waals surface area contributed by atoms with Crippen LogP contribution in [-0.2, 0) is 35.1 Å². The van der Waals surface area contributed by atoms with Crippen LogP contribution in [0.1, 0.15) is 33.4 Å². The number of alkyl halides is 2. The third-order valence-electron chi connectivity index (χ3n) is 4.97. The third-order valence-corrected chi connectivity index (χ3v) is 5.54. The van der Waals surface area contributed by atoms with E-state index < -0.39 is 0 Å². The molecule has 0 unspecified atom stereocenters. The molecular weight excluding hydrogens is 503 g/mol. The molecule has 0 bridgehead atoms. The van der Waals surface area contributed by atoms with Crippen molar-refractivity contribution in [2.45, 2.75) is 52.5 Å². The predicted octanol–water partition coefficient (Wildman–Crippen LogP) is 8.61. The maximum absolute atomic E-state index is 5.87. The first kappa shape index (κ1) is 25.6. The average molecular weight is 533 g/mol. The first-order valence-corrected chi connectivity index (χ1v) is 17.4. The van der Waals surface area contributed by atoms with Crippen LogP contribution in [0.4, 0.5) is 0 Å². The van der Waals surface area contributed by atoms with E-state index in [0.29, 0.717) is 11.8 Å². The summed E-state index contributed by atoms with van der Waals surface area (Å²) in [5.41, 5.74) is 7.97. The van der Waals surface area contributed by atoms with Gasteiger partial charge in [0.15, 0.2) is 0 Å². The predicted molar refractivity (Wildman–Crippen MR) is 135 cm³/mol. The molecule has 4 heteroatoms. The van der Waals surface area contributed by atoms with Crippen molar-refractivity contribution in [3.05, 3.63) is 81.9 Å². The van der Waals surface area contributed by atoms with Crippen molar-refractivity contribution in [2.24, 2.45) is 0 Å². The molecule has 0 saturated heterocycles. The van der Waals surface area contributed by atoms with E-state index in [4.69, 9.17) is 23.2 Å². The van der Waals surface area contributed by atoms with Crippen LogP contribution in [-0.4, -0.2) is 5.43 Å². The van der Waals surface area contributed by atoms with E-state index in [1.165, 1.54) is 54.9 Å². The number of aryl methyl sites for hydroxylation is 4. The zero-order valence-corrected chi connectivity index (χ0v) is 23.8. The molecule has 0 aromatic heterocycles. The standard InChI is InChI=1S/2C12H12Cl.C2H6Si.Zr/c2*1-8-5-11-9(2)3-4-10(7-13)12(11)6-8;1-3-2;/h2*3-6H,7H2,1-2H3;1-2H3;/q2*-1;;+2. The van der Waals surface area contributed by atoms with Crippen molar-refractivity contribution in [3.63, 3.8) is 0 Å². The first-order valence-electron chi connectivity index (χ1n) is 10.1. The monoisotopic (exact) mass is 530 g/mol. The Labute approximate surface area is 206 Å². The summed E-state index contributed by atoms with van der Waals surface area (Å²) in [6.45, 7) is 13.1.